The van der Waals surface area contributed by atoms with Gasteiger partial charge in [-0.25, -0.2) is 0 Å². The monoisotopic (exact) mass is 220 g/mol. The number of nitrogen functional groups attached to an aromatic ring is 1. The molecule has 3 heteroatoms. The Hall–Kier alpha value is -1.22. The van der Waals surface area contributed by atoms with Crippen LogP contribution in [0.3, 0.4) is 0 Å². The SMILES string of the molecule is CC(c1ccc(O)c(N)c1)N1CCCCC1. The van der Waals surface area contributed by atoms with Gasteiger partial charge in [0.1, 0.15) is 5.75 Å². The van der Waals surface area contributed by atoms with Crippen molar-refractivity contribution >= 4 is 5.69 Å². The Morgan fingerprint density at radius 3 is 2.56 bits per heavy atom. The second-order valence-corrected chi connectivity index (χ2v) is 4.59. The molecule has 1 heterocycles. The highest BCUT2D eigenvalue weighted by Crippen LogP contribution is 2.28. The summed E-state index contributed by atoms with van der Waals surface area (Å²) in [7, 11) is 0. The lowest BCUT2D eigenvalue weighted by atomic mass is 10.0. The van der Waals surface area contributed by atoms with Crippen molar-refractivity contribution in [1.82, 2.24) is 4.90 Å². The molecule has 3 N–H and O–H groups in total. The van der Waals surface area contributed by atoms with E-state index >= 15 is 0 Å². The van der Waals surface area contributed by atoms with E-state index < -0.39 is 0 Å². The Morgan fingerprint density at radius 1 is 1.25 bits per heavy atom. The van der Waals surface area contributed by atoms with E-state index in [1.54, 1.807) is 6.07 Å². The molecule has 1 saturated heterocycles. The number of likely N-dealkylation sites (tertiary alicyclic amines) is 1. The van der Waals surface area contributed by atoms with Crippen LogP contribution in [0.1, 0.15) is 37.8 Å². The molecule has 1 unspecified atom stereocenters. The number of phenolic OH excluding ortho intramolecular Hbond substituents is 1. The van der Waals surface area contributed by atoms with E-state index in [4.69, 9.17) is 5.73 Å². The summed E-state index contributed by atoms with van der Waals surface area (Å²) < 4.78 is 0. The fourth-order valence-electron chi connectivity index (χ4n) is 2.35. The van der Waals surface area contributed by atoms with Gasteiger partial charge in [0, 0.05) is 6.04 Å². The summed E-state index contributed by atoms with van der Waals surface area (Å²) in [6.07, 6.45) is 3.93. The highest BCUT2D eigenvalue weighted by atomic mass is 16.3. The first-order valence-corrected chi connectivity index (χ1v) is 6.01. The number of phenols is 1. The van der Waals surface area contributed by atoms with Crippen LogP contribution in [0.4, 0.5) is 5.69 Å². The topological polar surface area (TPSA) is 49.5 Å². The quantitative estimate of drug-likeness (QED) is 0.595. The summed E-state index contributed by atoms with van der Waals surface area (Å²) in [6, 6.07) is 5.92. The fourth-order valence-corrected chi connectivity index (χ4v) is 2.35. The van der Waals surface area contributed by atoms with Gasteiger partial charge in [0.15, 0.2) is 0 Å². The first kappa shape index (κ1) is 11.3. The summed E-state index contributed by atoms with van der Waals surface area (Å²) in [5.74, 6) is 0.176. The molecule has 1 aliphatic rings. The van der Waals surface area contributed by atoms with Crippen LogP contribution < -0.4 is 5.73 Å². The van der Waals surface area contributed by atoms with Gasteiger partial charge in [-0.15, -0.1) is 0 Å². The van der Waals surface area contributed by atoms with Crippen molar-refractivity contribution in [2.45, 2.75) is 32.2 Å². The molecule has 1 aromatic rings. The minimum Gasteiger partial charge on any atom is -0.506 e. The molecular weight excluding hydrogens is 200 g/mol. The van der Waals surface area contributed by atoms with Crippen LogP contribution in [0.15, 0.2) is 18.2 Å². The van der Waals surface area contributed by atoms with E-state index in [0.717, 1.165) is 0 Å². The predicted molar refractivity (Wildman–Crippen MR) is 66.4 cm³/mol. The van der Waals surface area contributed by atoms with Crippen molar-refractivity contribution in [2.24, 2.45) is 0 Å². The first-order valence-electron chi connectivity index (χ1n) is 6.01. The highest BCUT2D eigenvalue weighted by molar-refractivity contribution is 5.53. The molecule has 1 fully saturated rings. The summed E-state index contributed by atoms with van der Waals surface area (Å²) in [5, 5.41) is 9.40. The van der Waals surface area contributed by atoms with E-state index in [2.05, 4.69) is 11.8 Å². The van der Waals surface area contributed by atoms with Gasteiger partial charge >= 0.3 is 0 Å². The molecule has 0 aliphatic carbocycles. The summed E-state index contributed by atoms with van der Waals surface area (Å²) in [5.41, 5.74) is 7.38. The van der Waals surface area contributed by atoms with Gasteiger partial charge in [0.25, 0.3) is 0 Å². The molecular formula is C13H20N2O. The minimum absolute atomic E-state index is 0.176. The van der Waals surface area contributed by atoms with E-state index in [0.29, 0.717) is 11.7 Å². The second kappa shape index (κ2) is 4.74. The summed E-state index contributed by atoms with van der Waals surface area (Å²) in [4.78, 5) is 2.48. The average Bonchev–Trinajstić information content (AvgIpc) is 2.33. The van der Waals surface area contributed by atoms with Crippen molar-refractivity contribution in [3.8, 4) is 5.75 Å². The molecule has 3 nitrogen and oxygen atoms in total. The van der Waals surface area contributed by atoms with Crippen LogP contribution in [-0.4, -0.2) is 23.1 Å². The number of anilines is 1. The Balaban J connectivity index is 2.12. The maximum Gasteiger partial charge on any atom is 0.138 e. The van der Waals surface area contributed by atoms with Crippen LogP contribution in [0.25, 0.3) is 0 Å². The average molecular weight is 220 g/mol. The van der Waals surface area contributed by atoms with Crippen molar-refractivity contribution < 1.29 is 5.11 Å². The zero-order chi connectivity index (χ0) is 11.5. The third-order valence-corrected chi connectivity index (χ3v) is 3.47. The predicted octanol–water partition coefficient (Wildman–Crippen LogP) is 2.52. The van der Waals surface area contributed by atoms with E-state index in [-0.39, 0.29) is 5.75 Å². The van der Waals surface area contributed by atoms with Crippen molar-refractivity contribution in [2.75, 3.05) is 18.8 Å². The van der Waals surface area contributed by atoms with E-state index in [1.807, 2.05) is 12.1 Å². The lowest BCUT2D eigenvalue weighted by molar-refractivity contribution is 0.175. The summed E-state index contributed by atoms with van der Waals surface area (Å²) in [6.45, 7) is 4.54. The molecule has 0 spiro atoms. The highest BCUT2D eigenvalue weighted by Gasteiger charge is 2.18. The molecule has 1 atom stereocenters. The molecule has 2 rings (SSSR count). The first-order chi connectivity index (χ1) is 7.68. The molecule has 0 bridgehead atoms. The lowest BCUT2D eigenvalue weighted by Crippen LogP contribution is -2.32. The molecule has 1 aliphatic heterocycles. The van der Waals surface area contributed by atoms with Crippen LogP contribution in [0, 0.1) is 0 Å². The molecule has 0 radical (unpaired) electrons. The van der Waals surface area contributed by atoms with Gasteiger partial charge in [0.2, 0.25) is 0 Å². The van der Waals surface area contributed by atoms with Crippen molar-refractivity contribution in [3.05, 3.63) is 23.8 Å². The van der Waals surface area contributed by atoms with E-state index in [1.165, 1.54) is 37.9 Å². The Labute approximate surface area is 96.9 Å². The Morgan fingerprint density at radius 2 is 1.94 bits per heavy atom. The van der Waals surface area contributed by atoms with Crippen LogP contribution >= 0.6 is 0 Å². The van der Waals surface area contributed by atoms with Gasteiger partial charge in [-0.2, -0.15) is 0 Å². The third-order valence-electron chi connectivity index (χ3n) is 3.47. The number of piperidine rings is 1. The van der Waals surface area contributed by atoms with Crippen LogP contribution in [0.5, 0.6) is 5.75 Å². The zero-order valence-electron chi connectivity index (χ0n) is 9.82. The van der Waals surface area contributed by atoms with Gasteiger partial charge < -0.3 is 10.8 Å². The molecule has 0 amide bonds. The molecule has 16 heavy (non-hydrogen) atoms. The minimum atomic E-state index is 0.176. The third kappa shape index (κ3) is 2.30. The number of benzene rings is 1. The maximum atomic E-state index is 9.40. The van der Waals surface area contributed by atoms with Gasteiger partial charge in [-0.05, 0) is 50.6 Å². The summed E-state index contributed by atoms with van der Waals surface area (Å²) >= 11 is 0. The zero-order valence-corrected chi connectivity index (χ0v) is 9.82. The second-order valence-electron chi connectivity index (χ2n) is 4.59. The van der Waals surface area contributed by atoms with Gasteiger partial charge in [-0.3, -0.25) is 4.90 Å². The molecule has 0 saturated carbocycles. The maximum absolute atomic E-state index is 9.40. The fraction of sp³-hybridized carbons (Fsp3) is 0.538. The number of rotatable bonds is 2. The van der Waals surface area contributed by atoms with Crippen molar-refractivity contribution in [1.29, 1.82) is 0 Å². The van der Waals surface area contributed by atoms with Gasteiger partial charge in [-0.1, -0.05) is 12.5 Å². The smallest absolute Gasteiger partial charge is 0.138 e. The molecule has 0 aromatic heterocycles. The number of nitrogens with two attached hydrogens (primary N) is 1. The Bertz CT molecular complexity index is 359. The number of aromatic hydroxyl groups is 1. The standard InChI is InChI=1S/C13H20N2O/c1-10(15-7-3-2-4-8-15)11-5-6-13(16)12(14)9-11/h5-6,9-10,16H,2-4,7-8,14H2,1H3. The normalized spacial score (nSPS) is 19.6. The van der Waals surface area contributed by atoms with Crippen LogP contribution in [-0.2, 0) is 0 Å². The number of hydrogen-bond acceptors (Lipinski definition) is 3. The van der Waals surface area contributed by atoms with E-state index in [9.17, 15) is 5.11 Å². The van der Waals surface area contributed by atoms with Gasteiger partial charge in [0.05, 0.1) is 5.69 Å². The molecule has 88 valence electrons. The lowest BCUT2D eigenvalue weighted by Gasteiger charge is -2.32. The van der Waals surface area contributed by atoms with Crippen LogP contribution in [0.2, 0.25) is 0 Å². The molecule has 1 aromatic carbocycles. The number of hydrogen-bond donors (Lipinski definition) is 2. The van der Waals surface area contributed by atoms with Crippen molar-refractivity contribution in [3.63, 3.8) is 0 Å². The number of nitrogens with zero attached hydrogens (tertiary/aromatic N) is 1. The Kier molecular flexibility index (Phi) is 3.34. The largest absolute Gasteiger partial charge is 0.506 e.